The lowest BCUT2D eigenvalue weighted by Gasteiger charge is -2.30. The van der Waals surface area contributed by atoms with Crippen LogP contribution in [0, 0.1) is 0 Å². The number of hydrogen-bond donors (Lipinski definition) is 0. The third kappa shape index (κ3) is 8.32. The van der Waals surface area contributed by atoms with Crippen molar-refractivity contribution in [3.05, 3.63) is 185 Å². The minimum absolute atomic E-state index is 0.0139. The fourth-order valence-electron chi connectivity index (χ4n) is 9.15. The summed E-state index contributed by atoms with van der Waals surface area (Å²) in [5.74, 6) is 0. The second-order valence-electron chi connectivity index (χ2n) is 22.5. The van der Waals surface area contributed by atoms with E-state index < -0.39 is 0 Å². The van der Waals surface area contributed by atoms with Crippen LogP contribution in [0.1, 0.15) is 130 Å². The van der Waals surface area contributed by atoms with Crippen molar-refractivity contribution in [3.8, 4) is 44.5 Å². The molecule has 0 unspecified atom stereocenters. The highest BCUT2D eigenvalue weighted by atomic mass is 15.1. The maximum Gasteiger partial charge on any atom is 0.0467 e. The van der Waals surface area contributed by atoms with E-state index in [1.54, 1.807) is 0 Å². The molecule has 1 nitrogen and oxygen atoms in total. The summed E-state index contributed by atoms with van der Waals surface area (Å²) in [4.78, 5) is 2.46. The molecule has 0 saturated carbocycles. The molecule has 316 valence electrons. The van der Waals surface area contributed by atoms with Gasteiger partial charge in [0.1, 0.15) is 0 Å². The lowest BCUT2D eigenvalue weighted by Crippen LogP contribution is -2.17. The number of benzene rings is 7. The SMILES string of the molecule is CC(C)(C)c1cc(-c2cccc(-c3cccc(N(c4cccc(C(C)(C)C)c4)c4ccc5c(c4)C(C)(C)c4ccccc4-5)c3)c2)cc(-c2cc(C(C)(C)C)cc(C(C)(C)C)c2)c1. The molecule has 62 heavy (non-hydrogen) atoms. The van der Waals surface area contributed by atoms with Crippen LogP contribution in [0.15, 0.2) is 152 Å². The summed E-state index contributed by atoms with van der Waals surface area (Å²) in [5, 5.41) is 0. The Morgan fingerprint density at radius 1 is 0.306 bits per heavy atom. The van der Waals surface area contributed by atoms with Crippen LogP contribution in [0.4, 0.5) is 17.1 Å². The van der Waals surface area contributed by atoms with Gasteiger partial charge in [-0.05, 0) is 148 Å². The molecule has 7 aromatic rings. The third-order valence-corrected chi connectivity index (χ3v) is 13.2. The Balaban J connectivity index is 1.25. The van der Waals surface area contributed by atoms with Crippen molar-refractivity contribution in [2.75, 3.05) is 4.90 Å². The van der Waals surface area contributed by atoms with Crippen LogP contribution in [0.2, 0.25) is 0 Å². The fourth-order valence-corrected chi connectivity index (χ4v) is 9.15. The Bertz CT molecular complexity index is 2770. The van der Waals surface area contributed by atoms with Crippen molar-refractivity contribution >= 4 is 17.1 Å². The zero-order chi connectivity index (χ0) is 44.6. The second-order valence-corrected chi connectivity index (χ2v) is 22.5. The summed E-state index contributed by atoms with van der Waals surface area (Å²) in [5.41, 5.74) is 21.7. The number of fused-ring (bicyclic) bond motifs is 3. The number of hydrogen-bond acceptors (Lipinski definition) is 1. The van der Waals surface area contributed by atoms with Gasteiger partial charge >= 0.3 is 0 Å². The Hall–Kier alpha value is -5.66. The smallest absolute Gasteiger partial charge is 0.0467 e. The molecule has 0 fully saturated rings. The van der Waals surface area contributed by atoms with Gasteiger partial charge in [-0.1, -0.05) is 200 Å². The largest absolute Gasteiger partial charge is 0.310 e. The highest BCUT2D eigenvalue weighted by Crippen LogP contribution is 2.51. The Morgan fingerprint density at radius 2 is 0.726 bits per heavy atom. The van der Waals surface area contributed by atoms with Crippen LogP contribution in [-0.2, 0) is 27.1 Å². The van der Waals surface area contributed by atoms with Crippen LogP contribution >= 0.6 is 0 Å². The van der Waals surface area contributed by atoms with Gasteiger partial charge in [-0.2, -0.15) is 0 Å². The lowest BCUT2D eigenvalue weighted by molar-refractivity contribution is 0.569. The van der Waals surface area contributed by atoms with Crippen LogP contribution in [0.5, 0.6) is 0 Å². The van der Waals surface area contributed by atoms with E-state index in [4.69, 9.17) is 0 Å². The van der Waals surface area contributed by atoms with Crippen LogP contribution in [0.3, 0.4) is 0 Å². The molecule has 0 amide bonds. The van der Waals surface area contributed by atoms with Gasteiger partial charge in [0.2, 0.25) is 0 Å². The third-order valence-electron chi connectivity index (χ3n) is 13.2. The summed E-state index contributed by atoms with van der Waals surface area (Å²) in [6.07, 6.45) is 0. The Morgan fingerprint density at radius 3 is 1.32 bits per heavy atom. The molecule has 0 aromatic heterocycles. The van der Waals surface area contributed by atoms with Crippen molar-refractivity contribution in [3.63, 3.8) is 0 Å². The molecule has 0 spiro atoms. The average molecular weight is 814 g/mol. The van der Waals surface area contributed by atoms with Crippen LogP contribution in [-0.4, -0.2) is 0 Å². The van der Waals surface area contributed by atoms with Gasteiger partial charge in [-0.3, -0.25) is 0 Å². The average Bonchev–Trinajstić information content (AvgIpc) is 3.45. The van der Waals surface area contributed by atoms with Gasteiger partial charge < -0.3 is 4.90 Å². The molecule has 1 heteroatoms. The van der Waals surface area contributed by atoms with Gasteiger partial charge in [0.15, 0.2) is 0 Å². The molecule has 0 N–H and O–H groups in total. The van der Waals surface area contributed by atoms with Crippen molar-refractivity contribution in [1.29, 1.82) is 0 Å². The molecule has 0 saturated heterocycles. The molecule has 0 radical (unpaired) electrons. The first-order valence-corrected chi connectivity index (χ1v) is 22.7. The highest BCUT2D eigenvalue weighted by molar-refractivity contribution is 5.87. The quantitative estimate of drug-likeness (QED) is 0.162. The van der Waals surface area contributed by atoms with E-state index in [2.05, 4.69) is 253 Å². The molecule has 8 rings (SSSR count). The van der Waals surface area contributed by atoms with E-state index in [0.29, 0.717) is 0 Å². The van der Waals surface area contributed by atoms with Gasteiger partial charge in [0.05, 0.1) is 0 Å². The Kier molecular flexibility index (Phi) is 10.6. The molecule has 0 aliphatic heterocycles. The second kappa shape index (κ2) is 15.3. The zero-order valence-electron chi connectivity index (χ0n) is 39.9. The number of anilines is 3. The summed E-state index contributed by atoms with van der Waals surface area (Å²) < 4.78 is 0. The van der Waals surface area contributed by atoms with Crippen molar-refractivity contribution < 1.29 is 0 Å². The molecule has 0 heterocycles. The first kappa shape index (κ1) is 43.0. The minimum atomic E-state index is -0.0996. The van der Waals surface area contributed by atoms with E-state index in [-0.39, 0.29) is 27.1 Å². The molecule has 7 aromatic carbocycles. The first-order chi connectivity index (χ1) is 29.0. The summed E-state index contributed by atoms with van der Waals surface area (Å²) in [7, 11) is 0. The maximum absolute atomic E-state index is 2.46. The van der Waals surface area contributed by atoms with E-state index in [1.807, 2.05) is 0 Å². The summed E-state index contributed by atoms with van der Waals surface area (Å²) in [6.45, 7) is 32.5. The van der Waals surface area contributed by atoms with E-state index in [9.17, 15) is 0 Å². The van der Waals surface area contributed by atoms with Gasteiger partial charge in [0.25, 0.3) is 0 Å². The maximum atomic E-state index is 2.46. The van der Waals surface area contributed by atoms with Crippen LogP contribution in [0.25, 0.3) is 44.5 Å². The molecule has 1 aliphatic carbocycles. The monoisotopic (exact) mass is 814 g/mol. The predicted molar refractivity (Wildman–Crippen MR) is 270 cm³/mol. The Labute approximate surface area is 373 Å². The predicted octanol–water partition coefficient (Wildman–Crippen LogP) is 17.7. The lowest BCUT2D eigenvalue weighted by atomic mass is 9.78. The number of nitrogens with zero attached hydrogens (tertiary/aromatic N) is 1. The van der Waals surface area contributed by atoms with E-state index in [1.165, 1.54) is 83.6 Å². The molecule has 0 bridgehead atoms. The molecule has 0 atom stereocenters. The van der Waals surface area contributed by atoms with Crippen molar-refractivity contribution in [2.45, 2.75) is 124 Å². The normalized spacial score (nSPS) is 13.8. The highest BCUT2D eigenvalue weighted by Gasteiger charge is 2.36. The van der Waals surface area contributed by atoms with Gasteiger partial charge in [-0.25, -0.2) is 0 Å². The first-order valence-electron chi connectivity index (χ1n) is 22.7. The van der Waals surface area contributed by atoms with Crippen LogP contribution < -0.4 is 4.90 Å². The van der Waals surface area contributed by atoms with Gasteiger partial charge in [0, 0.05) is 22.5 Å². The van der Waals surface area contributed by atoms with Gasteiger partial charge in [-0.15, -0.1) is 0 Å². The van der Waals surface area contributed by atoms with E-state index in [0.717, 1.165) is 11.4 Å². The zero-order valence-corrected chi connectivity index (χ0v) is 39.9. The topological polar surface area (TPSA) is 3.24 Å². The minimum Gasteiger partial charge on any atom is -0.310 e. The van der Waals surface area contributed by atoms with Crippen molar-refractivity contribution in [2.24, 2.45) is 0 Å². The molecule has 1 aliphatic rings. The standard InChI is InChI=1S/C61H67N/c1-57(2,3)46-23-19-25-51(38-46)62(52-28-29-54-53-26-15-16-27-55(53)61(13,14)56(54)39-52)50-24-18-22-42(36-50)40-20-17-21-41(30-40)43-31-44(33-47(32-43)58(4,5)6)45-34-48(59(7,8)9)37-49(35-45)60(10,11)12/h15-39H,1-14H3. The summed E-state index contributed by atoms with van der Waals surface area (Å²) in [6, 6.07) is 57.9. The molecular formula is C61H67N. The molecular weight excluding hydrogens is 747 g/mol. The summed E-state index contributed by atoms with van der Waals surface area (Å²) >= 11 is 0. The number of rotatable bonds is 6. The van der Waals surface area contributed by atoms with E-state index >= 15 is 0 Å². The fraction of sp³-hybridized carbons (Fsp3) is 0.311. The van der Waals surface area contributed by atoms with Crippen molar-refractivity contribution in [1.82, 2.24) is 0 Å².